The first-order chi connectivity index (χ1) is 14.1. The summed E-state index contributed by atoms with van der Waals surface area (Å²) in [6.07, 6.45) is 5.90. The Morgan fingerprint density at radius 2 is 2.00 bits per heavy atom. The Morgan fingerprint density at radius 1 is 1.24 bits per heavy atom. The van der Waals surface area contributed by atoms with E-state index >= 15 is 0 Å². The Balaban J connectivity index is 1.93. The fourth-order valence-electron chi connectivity index (χ4n) is 3.52. The first-order valence-electron chi connectivity index (χ1n) is 9.94. The molecule has 0 spiro atoms. The van der Waals surface area contributed by atoms with E-state index in [0.29, 0.717) is 29.8 Å². The molecule has 1 aromatic heterocycles. The van der Waals surface area contributed by atoms with Crippen LogP contribution < -0.4 is 20.3 Å². The molecule has 156 valence electrons. The number of rotatable bonds is 8. The van der Waals surface area contributed by atoms with E-state index in [0.717, 1.165) is 25.7 Å². The molecule has 1 heterocycles. The highest BCUT2D eigenvalue weighted by Crippen LogP contribution is 2.33. The SMILES string of the molecule is COCC(C)Nc1nccc(N(C(=O)NC2CCCC2)c2ccccc2OC)n1. The van der Waals surface area contributed by atoms with Crippen LogP contribution in [-0.4, -0.2) is 48.9 Å². The normalized spacial score (nSPS) is 15.0. The van der Waals surface area contributed by atoms with E-state index in [2.05, 4.69) is 20.6 Å². The van der Waals surface area contributed by atoms with Gasteiger partial charge in [-0.15, -0.1) is 0 Å². The van der Waals surface area contributed by atoms with Gasteiger partial charge in [-0.1, -0.05) is 25.0 Å². The van der Waals surface area contributed by atoms with Crippen molar-refractivity contribution in [2.75, 3.05) is 31.0 Å². The molecular weight excluding hydrogens is 370 g/mol. The van der Waals surface area contributed by atoms with Gasteiger partial charge < -0.3 is 20.1 Å². The number of carbonyl (C=O) groups is 1. The Hall–Kier alpha value is -2.87. The van der Waals surface area contributed by atoms with Gasteiger partial charge in [0, 0.05) is 31.5 Å². The number of nitrogens with zero attached hydrogens (tertiary/aromatic N) is 3. The maximum absolute atomic E-state index is 13.3. The summed E-state index contributed by atoms with van der Waals surface area (Å²) in [7, 11) is 3.23. The molecule has 2 amide bonds. The zero-order valence-electron chi connectivity index (χ0n) is 17.2. The van der Waals surface area contributed by atoms with Gasteiger partial charge in [-0.3, -0.25) is 0 Å². The van der Waals surface area contributed by atoms with Crippen molar-refractivity contribution >= 4 is 23.5 Å². The zero-order valence-corrected chi connectivity index (χ0v) is 17.2. The lowest BCUT2D eigenvalue weighted by Crippen LogP contribution is -2.42. The lowest BCUT2D eigenvalue weighted by Gasteiger charge is -2.26. The van der Waals surface area contributed by atoms with E-state index in [9.17, 15) is 4.79 Å². The van der Waals surface area contributed by atoms with E-state index in [4.69, 9.17) is 9.47 Å². The van der Waals surface area contributed by atoms with Crippen LogP contribution in [-0.2, 0) is 4.74 Å². The van der Waals surface area contributed by atoms with Gasteiger partial charge in [0.05, 0.1) is 19.4 Å². The largest absolute Gasteiger partial charge is 0.495 e. The highest BCUT2D eigenvalue weighted by molar-refractivity contribution is 6.00. The molecule has 1 saturated carbocycles. The topological polar surface area (TPSA) is 88.6 Å². The van der Waals surface area contributed by atoms with Gasteiger partial charge in [-0.05, 0) is 31.9 Å². The Kier molecular flexibility index (Phi) is 7.24. The van der Waals surface area contributed by atoms with Crippen LogP contribution in [0.5, 0.6) is 5.75 Å². The van der Waals surface area contributed by atoms with Crippen LogP contribution in [0.25, 0.3) is 0 Å². The van der Waals surface area contributed by atoms with Gasteiger partial charge in [0.15, 0.2) is 0 Å². The first kappa shape index (κ1) is 20.9. The van der Waals surface area contributed by atoms with Crippen molar-refractivity contribution < 1.29 is 14.3 Å². The predicted octanol–water partition coefficient (Wildman–Crippen LogP) is 3.72. The number of urea groups is 1. The predicted molar refractivity (Wildman–Crippen MR) is 113 cm³/mol. The molecule has 1 unspecified atom stereocenters. The fraction of sp³-hybridized carbons (Fsp3) is 0.476. The zero-order chi connectivity index (χ0) is 20.6. The lowest BCUT2D eigenvalue weighted by atomic mass is 10.2. The van der Waals surface area contributed by atoms with Crippen molar-refractivity contribution in [3.05, 3.63) is 36.5 Å². The van der Waals surface area contributed by atoms with Gasteiger partial charge in [0.1, 0.15) is 11.6 Å². The second kappa shape index (κ2) is 10.1. The number of benzene rings is 1. The molecule has 1 aromatic carbocycles. The van der Waals surface area contributed by atoms with Crippen LogP contribution in [0.1, 0.15) is 32.6 Å². The molecule has 8 nitrogen and oxygen atoms in total. The second-order valence-corrected chi connectivity index (χ2v) is 7.18. The summed E-state index contributed by atoms with van der Waals surface area (Å²) < 4.78 is 10.7. The molecule has 29 heavy (non-hydrogen) atoms. The highest BCUT2D eigenvalue weighted by atomic mass is 16.5. The van der Waals surface area contributed by atoms with Crippen LogP contribution in [0.3, 0.4) is 0 Å². The van der Waals surface area contributed by atoms with Crippen LogP contribution in [0.15, 0.2) is 36.5 Å². The summed E-state index contributed by atoms with van der Waals surface area (Å²) in [5.41, 5.74) is 0.625. The third kappa shape index (κ3) is 5.35. The second-order valence-electron chi connectivity index (χ2n) is 7.18. The third-order valence-electron chi connectivity index (χ3n) is 4.87. The van der Waals surface area contributed by atoms with E-state index in [-0.39, 0.29) is 18.1 Å². The minimum absolute atomic E-state index is 0.0299. The quantitative estimate of drug-likeness (QED) is 0.703. The Labute approximate surface area is 171 Å². The number of para-hydroxylation sites is 2. The average Bonchev–Trinajstić information content (AvgIpc) is 3.22. The maximum Gasteiger partial charge on any atom is 0.328 e. The summed E-state index contributed by atoms with van der Waals surface area (Å²) in [5.74, 6) is 1.49. The van der Waals surface area contributed by atoms with Crippen molar-refractivity contribution in [2.45, 2.75) is 44.7 Å². The van der Waals surface area contributed by atoms with E-state index in [1.165, 1.54) is 0 Å². The lowest BCUT2D eigenvalue weighted by molar-refractivity contribution is 0.190. The maximum atomic E-state index is 13.3. The summed E-state index contributed by atoms with van der Waals surface area (Å²) in [4.78, 5) is 23.7. The van der Waals surface area contributed by atoms with Crippen LogP contribution in [0.4, 0.5) is 22.2 Å². The van der Waals surface area contributed by atoms with Gasteiger partial charge in [-0.2, -0.15) is 4.98 Å². The monoisotopic (exact) mass is 399 g/mol. The highest BCUT2D eigenvalue weighted by Gasteiger charge is 2.26. The molecule has 3 rings (SSSR count). The van der Waals surface area contributed by atoms with Crippen molar-refractivity contribution in [2.24, 2.45) is 0 Å². The Morgan fingerprint density at radius 3 is 2.72 bits per heavy atom. The standard InChI is InChI=1S/C21H29N5O3/c1-15(14-28-2)23-20-22-13-12-19(25-20)26(17-10-6-7-11-18(17)29-3)21(27)24-16-8-4-5-9-16/h6-7,10-13,15-16H,4-5,8-9,14H2,1-3H3,(H,24,27)(H,22,23,25). The molecule has 0 bridgehead atoms. The number of anilines is 3. The number of hydrogen-bond donors (Lipinski definition) is 2. The molecule has 2 aromatic rings. The molecule has 2 N–H and O–H groups in total. The van der Waals surface area contributed by atoms with Crippen LogP contribution in [0, 0.1) is 0 Å². The number of aromatic nitrogens is 2. The van der Waals surface area contributed by atoms with E-state index < -0.39 is 0 Å². The van der Waals surface area contributed by atoms with Crippen molar-refractivity contribution in [3.63, 3.8) is 0 Å². The molecule has 0 radical (unpaired) electrons. The summed E-state index contributed by atoms with van der Waals surface area (Å²) in [6, 6.07) is 9.11. The Bertz CT molecular complexity index is 810. The number of hydrogen-bond acceptors (Lipinski definition) is 6. The number of carbonyl (C=O) groups excluding carboxylic acids is 1. The number of nitrogens with one attached hydrogen (secondary N) is 2. The third-order valence-corrected chi connectivity index (χ3v) is 4.87. The fourth-order valence-corrected chi connectivity index (χ4v) is 3.52. The van der Waals surface area contributed by atoms with E-state index in [1.54, 1.807) is 31.4 Å². The van der Waals surface area contributed by atoms with Gasteiger partial charge in [0.2, 0.25) is 5.95 Å². The summed E-state index contributed by atoms with van der Waals surface area (Å²) in [6.45, 7) is 2.50. The molecule has 1 atom stereocenters. The molecule has 0 saturated heterocycles. The first-order valence-corrected chi connectivity index (χ1v) is 9.94. The molecule has 1 aliphatic rings. The van der Waals surface area contributed by atoms with Gasteiger partial charge in [0.25, 0.3) is 0 Å². The molecule has 8 heteroatoms. The van der Waals surface area contributed by atoms with E-state index in [1.807, 2.05) is 31.2 Å². The van der Waals surface area contributed by atoms with Crippen molar-refractivity contribution in [1.29, 1.82) is 0 Å². The van der Waals surface area contributed by atoms with Crippen LogP contribution in [0.2, 0.25) is 0 Å². The molecule has 1 aliphatic carbocycles. The minimum Gasteiger partial charge on any atom is -0.495 e. The van der Waals surface area contributed by atoms with Gasteiger partial charge in [-0.25, -0.2) is 14.7 Å². The van der Waals surface area contributed by atoms with Gasteiger partial charge >= 0.3 is 6.03 Å². The average molecular weight is 399 g/mol. The van der Waals surface area contributed by atoms with Crippen molar-refractivity contribution in [3.8, 4) is 5.75 Å². The minimum atomic E-state index is -0.226. The number of ether oxygens (including phenoxy) is 2. The summed E-state index contributed by atoms with van der Waals surface area (Å²) in [5, 5.41) is 6.33. The molecule has 1 fully saturated rings. The molecule has 0 aliphatic heterocycles. The molecular formula is C21H29N5O3. The smallest absolute Gasteiger partial charge is 0.328 e. The number of methoxy groups -OCH3 is 2. The number of amides is 2. The van der Waals surface area contributed by atoms with Crippen LogP contribution >= 0.6 is 0 Å². The van der Waals surface area contributed by atoms with Crippen molar-refractivity contribution in [1.82, 2.24) is 15.3 Å². The summed E-state index contributed by atoms with van der Waals surface area (Å²) >= 11 is 0.